The number of unbranched alkanes of at least 4 members (excludes halogenated alkanes) is 6. The van der Waals surface area contributed by atoms with Crippen molar-refractivity contribution in [2.75, 3.05) is 31.6 Å². The first-order chi connectivity index (χ1) is 15.8. The van der Waals surface area contributed by atoms with Crippen LogP contribution >= 0.6 is 0 Å². The summed E-state index contributed by atoms with van der Waals surface area (Å²) in [6.07, 6.45) is 16.4. The lowest BCUT2D eigenvalue weighted by Crippen LogP contribution is -2.38. The Hall–Kier alpha value is -1.59. The van der Waals surface area contributed by atoms with Crippen LogP contribution in [0, 0.1) is 0 Å². The van der Waals surface area contributed by atoms with Gasteiger partial charge in [0.05, 0.1) is 0 Å². The first kappa shape index (κ1) is 25.0. The molecular formula is C27H44N2O3. The number of hydrogen-bond acceptors (Lipinski definition) is 4. The lowest BCUT2D eigenvalue weighted by Gasteiger charge is -2.31. The van der Waals surface area contributed by atoms with Gasteiger partial charge in [-0.1, -0.05) is 69.6 Å². The Balaban J connectivity index is 1.31. The second-order valence-corrected chi connectivity index (χ2v) is 9.69. The zero-order valence-electron chi connectivity index (χ0n) is 19.9. The maximum atomic E-state index is 12.6. The number of rotatable bonds is 12. The van der Waals surface area contributed by atoms with Gasteiger partial charge in [-0.2, -0.15) is 0 Å². The standard InChI is InChI=1S/C27H44N2O3/c30-22-12-5-3-1-2-4-11-19-29-20-17-24(18-21-29)32-27(31)28-26-16-10-9-15-25(26)23-13-7-6-8-14-23/h9-10,15-16,23-24,30H,1-8,11-14,17-22H2,(H,28,31). The number of ether oxygens (including phenoxy) is 1. The average Bonchev–Trinajstić information content (AvgIpc) is 2.83. The summed E-state index contributed by atoms with van der Waals surface area (Å²) >= 11 is 0. The van der Waals surface area contributed by atoms with Gasteiger partial charge in [0, 0.05) is 25.4 Å². The van der Waals surface area contributed by atoms with Crippen LogP contribution in [0.4, 0.5) is 10.5 Å². The van der Waals surface area contributed by atoms with E-state index in [1.807, 2.05) is 12.1 Å². The minimum Gasteiger partial charge on any atom is -0.446 e. The molecule has 0 bridgehead atoms. The highest BCUT2D eigenvalue weighted by Gasteiger charge is 2.23. The third-order valence-corrected chi connectivity index (χ3v) is 7.18. The van der Waals surface area contributed by atoms with Crippen LogP contribution in [-0.4, -0.2) is 48.4 Å². The highest BCUT2D eigenvalue weighted by atomic mass is 16.6. The molecule has 1 amide bonds. The van der Waals surface area contributed by atoms with Crippen LogP contribution in [0.3, 0.4) is 0 Å². The smallest absolute Gasteiger partial charge is 0.411 e. The number of piperidine rings is 1. The molecule has 1 aliphatic carbocycles. The third-order valence-electron chi connectivity index (χ3n) is 7.18. The molecule has 1 aliphatic heterocycles. The van der Waals surface area contributed by atoms with Gasteiger partial charge in [0.2, 0.25) is 0 Å². The molecule has 0 radical (unpaired) electrons. The zero-order chi connectivity index (χ0) is 22.4. The molecule has 1 saturated carbocycles. The van der Waals surface area contributed by atoms with E-state index in [2.05, 4.69) is 22.3 Å². The number of anilines is 1. The molecule has 1 heterocycles. The van der Waals surface area contributed by atoms with Crippen LogP contribution < -0.4 is 5.32 Å². The van der Waals surface area contributed by atoms with Crippen LogP contribution in [0.5, 0.6) is 0 Å². The molecule has 0 unspecified atom stereocenters. The summed E-state index contributed by atoms with van der Waals surface area (Å²) in [5, 5.41) is 11.9. The molecule has 32 heavy (non-hydrogen) atoms. The number of amides is 1. The highest BCUT2D eigenvalue weighted by Crippen LogP contribution is 2.36. The molecular weight excluding hydrogens is 400 g/mol. The number of carbonyl (C=O) groups is 1. The van der Waals surface area contributed by atoms with Gasteiger partial charge in [0.1, 0.15) is 6.10 Å². The van der Waals surface area contributed by atoms with E-state index in [4.69, 9.17) is 9.84 Å². The molecule has 2 aliphatic rings. The fraction of sp³-hybridized carbons (Fsp3) is 0.741. The second kappa shape index (κ2) is 14.5. The van der Waals surface area contributed by atoms with Crippen LogP contribution in [0.15, 0.2) is 24.3 Å². The number of benzene rings is 1. The van der Waals surface area contributed by atoms with E-state index in [1.165, 1.54) is 69.8 Å². The molecule has 2 fully saturated rings. The van der Waals surface area contributed by atoms with E-state index in [-0.39, 0.29) is 12.2 Å². The molecule has 0 atom stereocenters. The number of nitrogens with zero attached hydrogens (tertiary/aromatic N) is 1. The van der Waals surface area contributed by atoms with Crippen LogP contribution in [0.2, 0.25) is 0 Å². The zero-order valence-corrected chi connectivity index (χ0v) is 19.9. The second-order valence-electron chi connectivity index (χ2n) is 9.69. The highest BCUT2D eigenvalue weighted by molar-refractivity contribution is 5.86. The summed E-state index contributed by atoms with van der Waals surface area (Å²) in [5.74, 6) is 0.559. The van der Waals surface area contributed by atoms with Crippen molar-refractivity contribution in [2.45, 2.75) is 102 Å². The van der Waals surface area contributed by atoms with Crippen molar-refractivity contribution in [3.63, 3.8) is 0 Å². The summed E-state index contributed by atoms with van der Waals surface area (Å²) in [5.41, 5.74) is 2.20. The van der Waals surface area contributed by atoms with Gasteiger partial charge in [-0.3, -0.25) is 5.32 Å². The Morgan fingerprint density at radius 1 is 0.906 bits per heavy atom. The normalized spacial score (nSPS) is 18.5. The number of carbonyl (C=O) groups excluding carboxylic acids is 1. The monoisotopic (exact) mass is 444 g/mol. The summed E-state index contributed by atoms with van der Waals surface area (Å²) in [7, 11) is 0. The van der Waals surface area contributed by atoms with Crippen LogP contribution in [0.1, 0.15) is 101 Å². The number of para-hydroxylation sites is 1. The van der Waals surface area contributed by atoms with E-state index in [9.17, 15) is 4.79 Å². The van der Waals surface area contributed by atoms with Gasteiger partial charge in [-0.05, 0) is 62.6 Å². The number of nitrogens with one attached hydrogen (secondary N) is 1. The molecule has 0 aromatic heterocycles. The van der Waals surface area contributed by atoms with Crippen molar-refractivity contribution in [1.82, 2.24) is 4.90 Å². The maximum absolute atomic E-state index is 12.6. The van der Waals surface area contributed by atoms with Gasteiger partial charge < -0.3 is 14.7 Å². The predicted molar refractivity (Wildman–Crippen MR) is 131 cm³/mol. The SMILES string of the molecule is O=C(Nc1ccccc1C1CCCCC1)OC1CCN(CCCCCCCCCO)CC1. The van der Waals surface area contributed by atoms with Gasteiger partial charge in [-0.25, -0.2) is 4.79 Å². The Bertz CT molecular complexity index is 652. The summed E-state index contributed by atoms with van der Waals surface area (Å²) < 4.78 is 5.78. The lowest BCUT2D eigenvalue weighted by molar-refractivity contribution is 0.0584. The number of aliphatic hydroxyl groups is 1. The molecule has 5 nitrogen and oxygen atoms in total. The third kappa shape index (κ3) is 8.74. The van der Waals surface area contributed by atoms with Gasteiger partial charge in [0.15, 0.2) is 0 Å². The fourth-order valence-corrected chi connectivity index (χ4v) is 5.25. The van der Waals surface area contributed by atoms with Crippen molar-refractivity contribution < 1.29 is 14.6 Å². The fourth-order valence-electron chi connectivity index (χ4n) is 5.25. The van der Waals surface area contributed by atoms with Crippen molar-refractivity contribution in [3.8, 4) is 0 Å². The van der Waals surface area contributed by atoms with Crippen molar-refractivity contribution in [1.29, 1.82) is 0 Å². The van der Waals surface area contributed by atoms with Gasteiger partial charge in [-0.15, -0.1) is 0 Å². The number of aliphatic hydroxyl groups excluding tert-OH is 1. The molecule has 180 valence electrons. The lowest BCUT2D eigenvalue weighted by atomic mass is 9.83. The quantitative estimate of drug-likeness (QED) is 0.363. The average molecular weight is 445 g/mol. The van der Waals surface area contributed by atoms with Crippen LogP contribution in [-0.2, 0) is 4.74 Å². The van der Waals surface area contributed by atoms with E-state index >= 15 is 0 Å². The van der Waals surface area contributed by atoms with E-state index in [1.54, 1.807) is 0 Å². The molecule has 2 N–H and O–H groups in total. The number of hydrogen-bond donors (Lipinski definition) is 2. The van der Waals surface area contributed by atoms with Gasteiger partial charge >= 0.3 is 6.09 Å². The Kier molecular flexibility index (Phi) is 11.4. The predicted octanol–water partition coefficient (Wildman–Crippen LogP) is 6.47. The molecule has 1 aromatic carbocycles. The first-order valence-electron chi connectivity index (χ1n) is 13.2. The number of likely N-dealkylation sites (tertiary alicyclic amines) is 1. The molecule has 5 heteroatoms. The summed E-state index contributed by atoms with van der Waals surface area (Å²) in [6.45, 7) is 3.53. The van der Waals surface area contributed by atoms with Crippen molar-refractivity contribution in [3.05, 3.63) is 29.8 Å². The maximum Gasteiger partial charge on any atom is 0.411 e. The van der Waals surface area contributed by atoms with Crippen molar-refractivity contribution >= 4 is 11.8 Å². The van der Waals surface area contributed by atoms with E-state index < -0.39 is 0 Å². The van der Waals surface area contributed by atoms with Gasteiger partial charge in [0.25, 0.3) is 0 Å². The molecule has 0 spiro atoms. The largest absolute Gasteiger partial charge is 0.446 e. The van der Waals surface area contributed by atoms with E-state index in [0.717, 1.165) is 51.0 Å². The minimum atomic E-state index is -0.298. The molecule has 1 saturated heterocycles. The van der Waals surface area contributed by atoms with E-state index in [0.29, 0.717) is 12.5 Å². The topological polar surface area (TPSA) is 61.8 Å². The van der Waals surface area contributed by atoms with Crippen LogP contribution in [0.25, 0.3) is 0 Å². The molecule has 1 aromatic rings. The Labute approximate surface area is 194 Å². The minimum absolute atomic E-state index is 0.0274. The Morgan fingerprint density at radius 2 is 1.56 bits per heavy atom. The molecule has 3 rings (SSSR count). The summed E-state index contributed by atoms with van der Waals surface area (Å²) in [4.78, 5) is 15.1. The summed E-state index contributed by atoms with van der Waals surface area (Å²) in [6, 6.07) is 8.25. The van der Waals surface area contributed by atoms with Crippen molar-refractivity contribution in [2.24, 2.45) is 0 Å². The Morgan fingerprint density at radius 3 is 2.28 bits per heavy atom. The first-order valence-corrected chi connectivity index (χ1v) is 13.2.